The lowest BCUT2D eigenvalue weighted by Gasteiger charge is -2.39. The van der Waals surface area contributed by atoms with Crippen LogP contribution in [0.25, 0.3) is 11.4 Å². The summed E-state index contributed by atoms with van der Waals surface area (Å²) in [7, 11) is 0. The Kier molecular flexibility index (Phi) is 6.92. The Bertz CT molecular complexity index is 1300. The van der Waals surface area contributed by atoms with Crippen molar-refractivity contribution in [3.05, 3.63) is 102 Å². The smallest absolute Gasteiger partial charge is 0.387 e. The molecule has 1 atom stereocenters. The number of hydrogen-bond acceptors (Lipinski definition) is 4. The van der Waals surface area contributed by atoms with Gasteiger partial charge >= 0.3 is 6.61 Å². The Balaban J connectivity index is 1.52. The average Bonchev–Trinajstić information content (AvgIpc) is 2.84. The fraction of sp³-hybridized carbons (Fsp3) is 0.222. The minimum Gasteiger partial charge on any atom is -0.435 e. The molecule has 1 amide bonds. The molecule has 4 rings (SSSR count). The summed E-state index contributed by atoms with van der Waals surface area (Å²) in [6.45, 7) is -0.431. The van der Waals surface area contributed by atoms with E-state index in [-0.39, 0.29) is 17.7 Å². The summed E-state index contributed by atoms with van der Waals surface area (Å²) < 4.78 is 58.8. The Morgan fingerprint density at radius 2 is 1.81 bits per heavy atom. The van der Waals surface area contributed by atoms with Crippen molar-refractivity contribution in [2.75, 3.05) is 0 Å². The van der Waals surface area contributed by atoms with Crippen molar-refractivity contribution in [1.29, 1.82) is 0 Å². The molecular weight excluding hydrogens is 474 g/mol. The van der Waals surface area contributed by atoms with E-state index in [0.717, 1.165) is 6.92 Å². The molecule has 1 heterocycles. The molecule has 1 aromatic heterocycles. The number of aromatic nitrogens is 2. The minimum absolute atomic E-state index is 0.000474. The summed E-state index contributed by atoms with van der Waals surface area (Å²) in [5.41, 5.74) is 0.271. The van der Waals surface area contributed by atoms with Gasteiger partial charge in [-0.05, 0) is 42.8 Å². The number of allylic oxidation sites excluding steroid dienone is 4. The van der Waals surface area contributed by atoms with Crippen molar-refractivity contribution < 1.29 is 27.1 Å². The number of amides is 1. The van der Waals surface area contributed by atoms with Crippen molar-refractivity contribution in [2.24, 2.45) is 0 Å². The Morgan fingerprint density at radius 1 is 1.11 bits per heavy atom. The van der Waals surface area contributed by atoms with Gasteiger partial charge in [-0.2, -0.15) is 8.78 Å². The predicted molar refractivity (Wildman–Crippen MR) is 127 cm³/mol. The largest absolute Gasteiger partial charge is 0.435 e. The van der Waals surface area contributed by atoms with Crippen LogP contribution in [0.5, 0.6) is 5.75 Å². The van der Waals surface area contributed by atoms with Crippen LogP contribution in [0.4, 0.5) is 17.6 Å². The fourth-order valence-corrected chi connectivity index (χ4v) is 4.15. The molecule has 0 bridgehead atoms. The molecule has 0 spiro atoms. The first-order valence-corrected chi connectivity index (χ1v) is 11.1. The van der Waals surface area contributed by atoms with Crippen LogP contribution in [0.15, 0.2) is 84.7 Å². The van der Waals surface area contributed by atoms with Crippen LogP contribution in [0, 0.1) is 6.92 Å². The molecule has 1 N–H and O–H groups in total. The molecule has 0 radical (unpaired) electrons. The molecule has 0 fully saturated rings. The van der Waals surface area contributed by atoms with E-state index >= 15 is 0 Å². The van der Waals surface area contributed by atoms with Gasteiger partial charge in [-0.25, -0.2) is 18.7 Å². The molecule has 0 saturated heterocycles. The highest BCUT2D eigenvalue weighted by Crippen LogP contribution is 2.46. The van der Waals surface area contributed by atoms with Gasteiger partial charge in [-0.15, -0.1) is 0 Å². The third-order valence-corrected chi connectivity index (χ3v) is 6.06. The van der Waals surface area contributed by atoms with Gasteiger partial charge in [0.05, 0.1) is 16.7 Å². The highest BCUT2D eigenvalue weighted by Gasteiger charge is 2.50. The molecule has 186 valence electrons. The standard InChI is InChI=1S/C27H23F4N3O2/c1-17-22(16-32-23(33-17)18-10-12-21(13-11-18)36-25(28)29)24(35)34-20-9-6-14-27(15-20,26(2,30)31)19-7-4-3-5-8-19/h3-14,16,25H,15H2,1-2H3,(H,34,35). The lowest BCUT2D eigenvalue weighted by Crippen LogP contribution is -2.44. The second-order valence-corrected chi connectivity index (χ2v) is 8.50. The van der Waals surface area contributed by atoms with Gasteiger partial charge in [0, 0.05) is 30.8 Å². The van der Waals surface area contributed by atoms with Gasteiger partial charge in [-0.1, -0.05) is 42.5 Å². The molecule has 5 nitrogen and oxygen atoms in total. The number of carbonyl (C=O) groups excluding carboxylic acids is 1. The Morgan fingerprint density at radius 3 is 2.42 bits per heavy atom. The number of halogens is 4. The number of alkyl halides is 4. The molecule has 0 aliphatic heterocycles. The van der Waals surface area contributed by atoms with Crippen LogP contribution in [0.2, 0.25) is 0 Å². The lowest BCUT2D eigenvalue weighted by molar-refractivity contribution is -0.0498. The number of hydrogen-bond donors (Lipinski definition) is 1. The number of benzene rings is 2. The maximum atomic E-state index is 14.9. The van der Waals surface area contributed by atoms with E-state index in [1.807, 2.05) is 0 Å². The molecule has 9 heteroatoms. The zero-order valence-corrected chi connectivity index (χ0v) is 19.5. The zero-order valence-electron chi connectivity index (χ0n) is 19.5. The summed E-state index contributed by atoms with van der Waals surface area (Å²) in [4.78, 5) is 21.6. The van der Waals surface area contributed by atoms with Crippen molar-refractivity contribution in [2.45, 2.75) is 38.2 Å². The third-order valence-electron chi connectivity index (χ3n) is 6.06. The zero-order chi connectivity index (χ0) is 25.9. The predicted octanol–water partition coefficient (Wildman–Crippen LogP) is 6.22. The molecular formula is C27H23F4N3O2. The summed E-state index contributed by atoms with van der Waals surface area (Å²) in [5.74, 6) is -3.32. The molecule has 2 aromatic carbocycles. The van der Waals surface area contributed by atoms with E-state index in [9.17, 15) is 22.4 Å². The first kappa shape index (κ1) is 25.1. The third kappa shape index (κ3) is 5.15. The average molecular weight is 497 g/mol. The summed E-state index contributed by atoms with van der Waals surface area (Å²) in [6.07, 6.45) is 5.83. The van der Waals surface area contributed by atoms with E-state index < -0.39 is 23.9 Å². The Hall–Kier alpha value is -4.01. The highest BCUT2D eigenvalue weighted by atomic mass is 19.3. The van der Waals surface area contributed by atoms with Gasteiger partial charge in [0.25, 0.3) is 11.8 Å². The van der Waals surface area contributed by atoms with Crippen molar-refractivity contribution >= 4 is 5.91 Å². The van der Waals surface area contributed by atoms with E-state index in [2.05, 4.69) is 20.0 Å². The van der Waals surface area contributed by atoms with Gasteiger partial charge in [0.2, 0.25) is 0 Å². The van der Waals surface area contributed by atoms with E-state index in [1.165, 1.54) is 42.6 Å². The first-order chi connectivity index (χ1) is 17.1. The van der Waals surface area contributed by atoms with Crippen LogP contribution < -0.4 is 10.1 Å². The van der Waals surface area contributed by atoms with Crippen LogP contribution in [-0.2, 0) is 5.41 Å². The number of nitrogens with zero attached hydrogens (tertiary/aromatic N) is 2. The lowest BCUT2D eigenvalue weighted by atomic mass is 9.70. The van der Waals surface area contributed by atoms with Gasteiger partial charge < -0.3 is 10.1 Å². The number of aryl methyl sites for hydroxylation is 1. The fourth-order valence-electron chi connectivity index (χ4n) is 4.15. The van der Waals surface area contributed by atoms with Crippen LogP contribution in [0.3, 0.4) is 0 Å². The molecule has 1 aliphatic rings. The number of nitrogens with one attached hydrogen (secondary N) is 1. The van der Waals surface area contributed by atoms with Crippen molar-refractivity contribution in [3.63, 3.8) is 0 Å². The topological polar surface area (TPSA) is 64.1 Å². The Labute approximate surface area is 205 Å². The van der Waals surface area contributed by atoms with E-state index in [0.29, 0.717) is 28.3 Å². The molecule has 0 saturated carbocycles. The number of rotatable bonds is 7. The van der Waals surface area contributed by atoms with Crippen molar-refractivity contribution in [1.82, 2.24) is 15.3 Å². The SMILES string of the molecule is Cc1nc(-c2ccc(OC(F)F)cc2)ncc1C(=O)NC1=CC=CC(c2ccccc2)(C(C)(F)F)C1. The molecule has 36 heavy (non-hydrogen) atoms. The molecule has 1 aliphatic carbocycles. The number of ether oxygens (including phenoxy) is 1. The summed E-state index contributed by atoms with van der Waals surface area (Å²) in [5, 5.41) is 2.73. The van der Waals surface area contributed by atoms with Gasteiger partial charge in [-0.3, -0.25) is 4.79 Å². The van der Waals surface area contributed by atoms with Crippen LogP contribution in [-0.4, -0.2) is 28.4 Å². The first-order valence-electron chi connectivity index (χ1n) is 11.1. The van der Waals surface area contributed by atoms with Crippen molar-refractivity contribution in [3.8, 4) is 17.1 Å². The monoisotopic (exact) mass is 497 g/mol. The maximum Gasteiger partial charge on any atom is 0.387 e. The summed E-state index contributed by atoms with van der Waals surface area (Å²) >= 11 is 0. The van der Waals surface area contributed by atoms with Gasteiger partial charge in [0.15, 0.2) is 5.82 Å². The highest BCUT2D eigenvalue weighted by molar-refractivity contribution is 5.96. The second kappa shape index (κ2) is 9.93. The summed E-state index contributed by atoms with van der Waals surface area (Å²) in [6, 6.07) is 14.3. The normalized spacial score (nSPS) is 17.6. The van der Waals surface area contributed by atoms with E-state index in [4.69, 9.17) is 0 Å². The van der Waals surface area contributed by atoms with E-state index in [1.54, 1.807) is 43.3 Å². The second-order valence-electron chi connectivity index (χ2n) is 8.50. The van der Waals surface area contributed by atoms with Crippen LogP contribution in [0.1, 0.15) is 35.0 Å². The van der Waals surface area contributed by atoms with Gasteiger partial charge in [0.1, 0.15) is 5.75 Å². The molecule has 1 unspecified atom stereocenters. The maximum absolute atomic E-state index is 14.9. The quantitative estimate of drug-likeness (QED) is 0.394. The number of carbonyl (C=O) groups is 1. The molecule has 3 aromatic rings. The minimum atomic E-state index is -3.09. The van der Waals surface area contributed by atoms with Crippen LogP contribution >= 0.6 is 0 Å².